The predicted octanol–water partition coefficient (Wildman–Crippen LogP) is 2.14. The fourth-order valence-corrected chi connectivity index (χ4v) is 9.40. The number of carbonyl (C=O) groups excluding carboxylic acids is 5. The number of aromatic nitrogens is 1. The average Bonchev–Trinajstić information content (AvgIpc) is 3.86. The number of hydrogen-bond donors (Lipinski definition) is 2. The van der Waals surface area contributed by atoms with E-state index in [1.165, 1.54) is 6.07 Å². The van der Waals surface area contributed by atoms with Gasteiger partial charge in [-0.15, -0.1) is 0 Å². The second kappa shape index (κ2) is 15.5. The van der Waals surface area contributed by atoms with Crippen LogP contribution >= 0.6 is 0 Å². The van der Waals surface area contributed by atoms with Crippen molar-refractivity contribution in [1.82, 2.24) is 34.8 Å². The van der Waals surface area contributed by atoms with Gasteiger partial charge in [-0.05, 0) is 87.2 Å². The van der Waals surface area contributed by atoms with Gasteiger partial charge in [-0.3, -0.25) is 39.1 Å². The number of piperidine rings is 2. The van der Waals surface area contributed by atoms with E-state index in [1.54, 1.807) is 42.9 Å². The Morgan fingerprint density at radius 2 is 1.67 bits per heavy atom. The van der Waals surface area contributed by atoms with Gasteiger partial charge < -0.3 is 33.9 Å². The first kappa shape index (κ1) is 39.1. The third-order valence-corrected chi connectivity index (χ3v) is 12.3. The van der Waals surface area contributed by atoms with Crippen molar-refractivity contribution >= 4 is 29.7 Å². The van der Waals surface area contributed by atoms with Crippen LogP contribution in [0.2, 0.25) is 0 Å². The normalized spacial score (nSPS) is 22.7. The summed E-state index contributed by atoms with van der Waals surface area (Å²) in [6.45, 7) is 3.16. The SMILES string of the molecule is COc1cc(-c2cn(C)c(=O)c3c2CCN(C(=O)NC2CC4CC2CN4CCOc2ccc4c(c2)C(=O)N(C2CCC(=O)NC2=O)C4=O)C3)cc(OC)c1CN(C)C. The molecule has 58 heavy (non-hydrogen) atoms. The van der Waals surface area contributed by atoms with Gasteiger partial charge in [0.2, 0.25) is 11.8 Å². The molecule has 3 aromatic rings. The smallest absolute Gasteiger partial charge is 0.317 e. The highest BCUT2D eigenvalue weighted by Gasteiger charge is 2.46. The fourth-order valence-electron chi connectivity index (χ4n) is 9.40. The van der Waals surface area contributed by atoms with Gasteiger partial charge >= 0.3 is 6.03 Å². The number of fused-ring (bicyclic) bond motifs is 4. The highest BCUT2D eigenvalue weighted by atomic mass is 16.5. The molecule has 4 atom stereocenters. The van der Waals surface area contributed by atoms with E-state index in [1.807, 2.05) is 37.3 Å². The zero-order valence-electron chi connectivity index (χ0n) is 33.5. The number of amides is 6. The molecule has 1 aliphatic carbocycles. The summed E-state index contributed by atoms with van der Waals surface area (Å²) >= 11 is 0. The number of nitrogens with zero attached hydrogens (tertiary/aromatic N) is 5. The molecule has 2 N–H and O–H groups in total. The molecule has 1 aromatic heterocycles. The molecule has 16 nitrogen and oxygen atoms in total. The van der Waals surface area contributed by atoms with Crippen LogP contribution in [0.5, 0.6) is 17.2 Å². The van der Waals surface area contributed by atoms with Crippen molar-refractivity contribution in [2.45, 2.75) is 63.3 Å². The van der Waals surface area contributed by atoms with Crippen LogP contribution in [0.3, 0.4) is 0 Å². The molecule has 0 spiro atoms. The molecule has 5 aliphatic rings. The predicted molar refractivity (Wildman–Crippen MR) is 211 cm³/mol. The standard InChI is InChI=1S/C42H49N7O9/c1-45(2)20-32-35(56-4)15-23(16-36(32)57-5)30-21-46(3)39(52)31-22-48(11-10-27(30)31)42(55)43-33-17-25-14-24(33)19-47(25)12-13-58-26-6-7-28-29(18-26)41(54)49(40(28)53)34-8-9-37(50)44-38(34)51/h6-7,15-16,18,21,24-25,33-34H,8-14,17,19-20,22H2,1-5H3,(H,43,55)(H,44,50,51). The van der Waals surface area contributed by atoms with Gasteiger partial charge in [-0.2, -0.15) is 0 Å². The van der Waals surface area contributed by atoms with E-state index in [9.17, 15) is 28.8 Å². The minimum atomic E-state index is -1.02. The minimum absolute atomic E-state index is 0.0263. The lowest BCUT2D eigenvalue weighted by molar-refractivity contribution is -0.136. The zero-order valence-corrected chi connectivity index (χ0v) is 33.5. The molecular weight excluding hydrogens is 747 g/mol. The Morgan fingerprint density at radius 1 is 0.931 bits per heavy atom. The number of aryl methyl sites for hydroxylation is 1. The van der Waals surface area contributed by atoms with Gasteiger partial charge in [-0.1, -0.05) is 0 Å². The molecular formula is C42H49N7O9. The molecule has 5 heterocycles. The Balaban J connectivity index is 0.861. The van der Waals surface area contributed by atoms with Gasteiger partial charge in [0.15, 0.2) is 0 Å². The summed E-state index contributed by atoms with van der Waals surface area (Å²) in [5, 5.41) is 5.49. The number of pyridine rings is 1. The van der Waals surface area contributed by atoms with Crippen molar-refractivity contribution in [2.75, 3.05) is 54.6 Å². The second-order valence-electron chi connectivity index (χ2n) is 16.1. The maximum Gasteiger partial charge on any atom is 0.317 e. The Labute approximate surface area is 336 Å². The molecule has 306 valence electrons. The summed E-state index contributed by atoms with van der Waals surface area (Å²) in [6.07, 6.45) is 4.32. The quantitative estimate of drug-likeness (QED) is 0.273. The number of hydrogen-bond acceptors (Lipinski definition) is 11. The molecule has 8 rings (SSSR count). The lowest BCUT2D eigenvalue weighted by Crippen LogP contribution is -2.54. The number of nitrogens with one attached hydrogen (secondary N) is 2. The van der Waals surface area contributed by atoms with Crippen molar-refractivity contribution in [3.63, 3.8) is 0 Å². The average molecular weight is 796 g/mol. The van der Waals surface area contributed by atoms with E-state index < -0.39 is 29.7 Å². The van der Waals surface area contributed by atoms with Gasteiger partial charge in [0.25, 0.3) is 17.4 Å². The van der Waals surface area contributed by atoms with Crippen molar-refractivity contribution in [1.29, 1.82) is 0 Å². The summed E-state index contributed by atoms with van der Waals surface area (Å²) in [4.78, 5) is 84.5. The molecule has 16 heteroatoms. The molecule has 2 bridgehead atoms. The molecule has 2 saturated heterocycles. The van der Waals surface area contributed by atoms with Crippen LogP contribution < -0.4 is 30.4 Å². The number of imide groups is 2. The van der Waals surface area contributed by atoms with E-state index >= 15 is 0 Å². The number of methoxy groups -OCH3 is 2. The second-order valence-corrected chi connectivity index (χ2v) is 16.1. The van der Waals surface area contributed by atoms with Crippen molar-refractivity contribution in [2.24, 2.45) is 13.0 Å². The van der Waals surface area contributed by atoms with E-state index in [-0.39, 0.29) is 60.1 Å². The van der Waals surface area contributed by atoms with Crippen LogP contribution in [0.25, 0.3) is 11.1 Å². The van der Waals surface area contributed by atoms with E-state index in [0.717, 1.165) is 46.5 Å². The Morgan fingerprint density at radius 3 is 2.34 bits per heavy atom. The fraction of sp³-hybridized carbons (Fsp3) is 0.476. The first-order valence-corrected chi connectivity index (χ1v) is 19.7. The number of rotatable bonds is 11. The monoisotopic (exact) mass is 795 g/mol. The van der Waals surface area contributed by atoms with Crippen LogP contribution in [0.15, 0.2) is 41.3 Å². The Hall–Kier alpha value is -5.74. The highest BCUT2D eigenvalue weighted by molar-refractivity contribution is 6.23. The molecule has 0 radical (unpaired) electrons. The van der Waals surface area contributed by atoms with Crippen LogP contribution in [-0.4, -0.2) is 127 Å². The number of urea groups is 1. The van der Waals surface area contributed by atoms with Crippen molar-refractivity contribution in [3.8, 4) is 28.4 Å². The molecule has 3 fully saturated rings. The van der Waals surface area contributed by atoms with E-state index in [2.05, 4.69) is 15.5 Å². The number of likely N-dealkylation sites (tertiary alicyclic amines) is 1. The molecule has 4 aliphatic heterocycles. The maximum atomic E-state index is 13.7. The summed E-state index contributed by atoms with van der Waals surface area (Å²) in [7, 11) is 8.99. The van der Waals surface area contributed by atoms with Crippen LogP contribution in [0.4, 0.5) is 4.79 Å². The van der Waals surface area contributed by atoms with Crippen LogP contribution in [-0.2, 0) is 36.1 Å². The molecule has 4 unspecified atom stereocenters. The van der Waals surface area contributed by atoms with Crippen LogP contribution in [0.1, 0.15) is 63.1 Å². The van der Waals surface area contributed by atoms with Gasteiger partial charge in [0, 0.05) is 69.1 Å². The lowest BCUT2D eigenvalue weighted by atomic mass is 9.91. The van der Waals surface area contributed by atoms with Gasteiger partial charge in [0.1, 0.15) is 29.9 Å². The van der Waals surface area contributed by atoms with Crippen molar-refractivity contribution < 1.29 is 38.2 Å². The topological polar surface area (TPSA) is 172 Å². The molecule has 2 aromatic carbocycles. The summed E-state index contributed by atoms with van der Waals surface area (Å²) in [5.74, 6) is -0.0590. The summed E-state index contributed by atoms with van der Waals surface area (Å²) in [6, 6.07) is 7.83. The Bertz CT molecular complexity index is 2250. The first-order valence-electron chi connectivity index (χ1n) is 19.7. The third kappa shape index (κ3) is 7.08. The highest BCUT2D eigenvalue weighted by Crippen LogP contribution is 2.40. The van der Waals surface area contributed by atoms with Gasteiger partial charge in [0.05, 0.1) is 37.5 Å². The maximum absolute atomic E-state index is 13.7. The zero-order chi connectivity index (χ0) is 41.0. The van der Waals surface area contributed by atoms with Crippen LogP contribution in [0, 0.1) is 5.92 Å². The summed E-state index contributed by atoms with van der Waals surface area (Å²) in [5.41, 5.74) is 4.55. The third-order valence-electron chi connectivity index (χ3n) is 12.3. The number of carbonyl (C=O) groups is 5. The van der Waals surface area contributed by atoms with E-state index in [0.29, 0.717) is 55.5 Å². The molecule has 1 saturated carbocycles. The largest absolute Gasteiger partial charge is 0.496 e. The van der Waals surface area contributed by atoms with Gasteiger partial charge in [-0.25, -0.2) is 4.79 Å². The number of benzene rings is 2. The Kier molecular flexibility index (Phi) is 10.5. The lowest BCUT2D eigenvalue weighted by Gasteiger charge is -2.35. The molecule has 6 amide bonds. The van der Waals surface area contributed by atoms with Crippen molar-refractivity contribution in [3.05, 3.63) is 74.7 Å². The van der Waals surface area contributed by atoms with E-state index in [4.69, 9.17) is 14.2 Å². The minimum Gasteiger partial charge on any atom is -0.496 e. The number of ether oxygens (including phenoxy) is 3. The first-order chi connectivity index (χ1) is 27.8. The summed E-state index contributed by atoms with van der Waals surface area (Å²) < 4.78 is 19.2.